The molecular weight excluding hydrogens is 348 g/mol. The van der Waals surface area contributed by atoms with Crippen LogP contribution in [0.5, 0.6) is 0 Å². The van der Waals surface area contributed by atoms with Crippen LogP contribution in [0.2, 0.25) is 0 Å². The number of aromatic amines is 1. The number of anilines is 1. The summed E-state index contributed by atoms with van der Waals surface area (Å²) >= 11 is 3.95. The van der Waals surface area contributed by atoms with Crippen molar-refractivity contribution in [3.63, 3.8) is 0 Å². The number of carbonyl (C=O) groups is 2. The highest BCUT2D eigenvalue weighted by atomic mass is 79.9. The van der Waals surface area contributed by atoms with Crippen LogP contribution in [-0.2, 0) is 0 Å². The van der Waals surface area contributed by atoms with E-state index in [1.54, 1.807) is 13.0 Å². The van der Waals surface area contributed by atoms with Crippen molar-refractivity contribution in [3.8, 4) is 0 Å². The van der Waals surface area contributed by atoms with E-state index in [9.17, 15) is 14.4 Å². The molecule has 0 radical (unpaired) electrons. The van der Waals surface area contributed by atoms with Crippen LogP contribution < -0.4 is 10.2 Å². The van der Waals surface area contributed by atoms with Gasteiger partial charge in [0.2, 0.25) is 0 Å². The van der Waals surface area contributed by atoms with Crippen LogP contribution in [-0.4, -0.2) is 22.0 Å². The van der Waals surface area contributed by atoms with Crippen molar-refractivity contribution in [3.05, 3.63) is 48.5 Å². The minimum atomic E-state index is -1.15. The molecule has 3 N–H and O–H groups in total. The van der Waals surface area contributed by atoms with E-state index in [0.29, 0.717) is 10.2 Å². The first kappa shape index (κ1) is 14.5. The highest BCUT2D eigenvalue weighted by molar-refractivity contribution is 9.10. The maximum absolute atomic E-state index is 12.0. The average Bonchev–Trinajstić information content (AvgIpc) is 2.70. The Kier molecular flexibility index (Phi) is 4.05. The first-order valence-electron chi connectivity index (χ1n) is 5.42. The molecule has 0 atom stereocenters. The SMILES string of the molecule is Cc1[nH]c(=O)sc1C(=O)Nc1ccc(Br)cc1C(=O)O. The minimum Gasteiger partial charge on any atom is -0.478 e. The molecule has 0 aliphatic heterocycles. The van der Waals surface area contributed by atoms with E-state index in [1.165, 1.54) is 12.1 Å². The number of rotatable bonds is 3. The fourth-order valence-electron chi connectivity index (χ4n) is 1.60. The normalized spacial score (nSPS) is 10.3. The van der Waals surface area contributed by atoms with Gasteiger partial charge >= 0.3 is 10.8 Å². The topological polar surface area (TPSA) is 99.3 Å². The molecule has 1 amide bonds. The number of aryl methyl sites for hydroxylation is 1. The molecule has 0 saturated carbocycles. The second-order valence-electron chi connectivity index (χ2n) is 3.92. The summed E-state index contributed by atoms with van der Waals surface area (Å²) < 4.78 is 0.593. The first-order valence-corrected chi connectivity index (χ1v) is 7.03. The standard InChI is InChI=1S/C12H9BrN2O4S/c1-5-9(20-12(19)14-5)10(16)15-8-3-2-6(13)4-7(8)11(17)18/h2-4H,1H3,(H,14,19)(H,15,16)(H,17,18). The number of hydrogen-bond donors (Lipinski definition) is 3. The molecule has 1 aromatic carbocycles. The van der Waals surface area contributed by atoms with Gasteiger partial charge in [-0.05, 0) is 25.1 Å². The van der Waals surface area contributed by atoms with Crippen molar-refractivity contribution >= 4 is 44.8 Å². The van der Waals surface area contributed by atoms with Crippen LogP contribution in [0.1, 0.15) is 25.7 Å². The zero-order valence-electron chi connectivity index (χ0n) is 10.2. The summed E-state index contributed by atoms with van der Waals surface area (Å²) in [5.74, 6) is -1.67. The Morgan fingerprint density at radius 1 is 1.40 bits per heavy atom. The molecule has 0 fully saturated rings. The van der Waals surface area contributed by atoms with Gasteiger partial charge in [0, 0.05) is 10.2 Å². The van der Waals surface area contributed by atoms with Crippen LogP contribution in [0.4, 0.5) is 5.69 Å². The molecule has 8 heteroatoms. The van der Waals surface area contributed by atoms with Gasteiger partial charge in [-0.15, -0.1) is 0 Å². The van der Waals surface area contributed by atoms with Crippen molar-refractivity contribution in [2.75, 3.05) is 5.32 Å². The summed E-state index contributed by atoms with van der Waals surface area (Å²) in [5, 5.41) is 11.6. The molecule has 20 heavy (non-hydrogen) atoms. The summed E-state index contributed by atoms with van der Waals surface area (Å²) in [6, 6.07) is 4.50. The predicted molar refractivity (Wildman–Crippen MR) is 78.7 cm³/mol. The van der Waals surface area contributed by atoms with E-state index in [0.717, 1.165) is 11.3 Å². The number of carboxylic acid groups (broad SMARTS) is 1. The number of benzene rings is 1. The highest BCUT2D eigenvalue weighted by Gasteiger charge is 2.17. The summed E-state index contributed by atoms with van der Waals surface area (Å²) in [5.41, 5.74) is 0.589. The minimum absolute atomic E-state index is 0.0340. The number of amides is 1. The summed E-state index contributed by atoms with van der Waals surface area (Å²) in [6.07, 6.45) is 0. The molecule has 104 valence electrons. The number of aromatic carboxylic acids is 1. The number of H-pyrrole nitrogens is 1. The van der Waals surface area contributed by atoms with E-state index in [1.807, 2.05) is 0 Å². The van der Waals surface area contributed by atoms with Gasteiger partial charge in [-0.25, -0.2) is 4.79 Å². The Hall–Kier alpha value is -1.93. The summed E-state index contributed by atoms with van der Waals surface area (Å²) in [4.78, 5) is 36.7. The number of thiazole rings is 1. The Bertz CT molecular complexity index is 750. The third kappa shape index (κ3) is 2.97. The monoisotopic (exact) mass is 356 g/mol. The van der Waals surface area contributed by atoms with E-state index in [2.05, 4.69) is 26.2 Å². The molecule has 0 spiro atoms. The molecule has 2 rings (SSSR count). The average molecular weight is 357 g/mol. The Labute approximate surface area is 125 Å². The zero-order valence-corrected chi connectivity index (χ0v) is 12.6. The third-order valence-electron chi connectivity index (χ3n) is 2.49. The number of carboxylic acids is 1. The molecule has 1 aromatic heterocycles. The van der Waals surface area contributed by atoms with E-state index < -0.39 is 11.9 Å². The molecule has 1 heterocycles. The van der Waals surface area contributed by atoms with Crippen molar-refractivity contribution < 1.29 is 14.7 Å². The lowest BCUT2D eigenvalue weighted by Gasteiger charge is -2.08. The number of halogens is 1. The lowest BCUT2D eigenvalue weighted by atomic mass is 10.2. The van der Waals surface area contributed by atoms with Gasteiger partial charge in [-0.2, -0.15) is 0 Å². The molecule has 0 aliphatic carbocycles. The maximum atomic E-state index is 12.0. The first-order chi connectivity index (χ1) is 9.38. The molecular formula is C12H9BrN2O4S. The van der Waals surface area contributed by atoms with E-state index in [4.69, 9.17) is 5.11 Å². The Morgan fingerprint density at radius 2 is 2.10 bits per heavy atom. The second kappa shape index (κ2) is 5.59. The number of carbonyl (C=O) groups excluding carboxylic acids is 1. The van der Waals surface area contributed by atoms with Gasteiger partial charge in [0.15, 0.2) is 0 Å². The van der Waals surface area contributed by atoms with Crippen LogP contribution >= 0.6 is 27.3 Å². The van der Waals surface area contributed by atoms with Gasteiger partial charge in [-0.1, -0.05) is 27.3 Å². The summed E-state index contributed by atoms with van der Waals surface area (Å²) in [7, 11) is 0. The number of nitrogens with one attached hydrogen (secondary N) is 2. The van der Waals surface area contributed by atoms with Crippen LogP contribution in [0, 0.1) is 6.92 Å². The maximum Gasteiger partial charge on any atom is 0.337 e. The lowest BCUT2D eigenvalue weighted by Crippen LogP contribution is -2.14. The zero-order chi connectivity index (χ0) is 14.9. The van der Waals surface area contributed by atoms with Gasteiger partial charge in [-0.3, -0.25) is 9.59 Å². The van der Waals surface area contributed by atoms with E-state index in [-0.39, 0.29) is 21.0 Å². The largest absolute Gasteiger partial charge is 0.478 e. The smallest absolute Gasteiger partial charge is 0.337 e. The van der Waals surface area contributed by atoms with Crippen molar-refractivity contribution in [2.24, 2.45) is 0 Å². The number of hydrogen-bond acceptors (Lipinski definition) is 4. The Morgan fingerprint density at radius 3 is 2.65 bits per heavy atom. The summed E-state index contributed by atoms with van der Waals surface area (Å²) in [6.45, 7) is 1.60. The van der Waals surface area contributed by atoms with Crippen LogP contribution in [0.3, 0.4) is 0 Å². The van der Waals surface area contributed by atoms with Gasteiger partial charge in [0.05, 0.1) is 11.3 Å². The van der Waals surface area contributed by atoms with Gasteiger partial charge < -0.3 is 15.4 Å². The van der Waals surface area contributed by atoms with Crippen LogP contribution in [0.25, 0.3) is 0 Å². The van der Waals surface area contributed by atoms with Crippen molar-refractivity contribution in [1.82, 2.24) is 4.98 Å². The van der Waals surface area contributed by atoms with Crippen LogP contribution in [0.15, 0.2) is 27.5 Å². The molecule has 0 aliphatic rings. The molecule has 0 bridgehead atoms. The molecule has 0 saturated heterocycles. The van der Waals surface area contributed by atoms with Crippen molar-refractivity contribution in [1.29, 1.82) is 0 Å². The lowest BCUT2D eigenvalue weighted by molar-refractivity contribution is 0.0698. The quantitative estimate of drug-likeness (QED) is 0.786. The Balaban J connectivity index is 2.35. The van der Waals surface area contributed by atoms with Gasteiger partial charge in [0.1, 0.15) is 4.88 Å². The third-order valence-corrected chi connectivity index (χ3v) is 3.97. The predicted octanol–water partition coefficient (Wildman–Crippen LogP) is 2.46. The fraction of sp³-hybridized carbons (Fsp3) is 0.0833. The van der Waals surface area contributed by atoms with Crippen molar-refractivity contribution in [2.45, 2.75) is 6.92 Å². The highest BCUT2D eigenvalue weighted by Crippen LogP contribution is 2.22. The molecule has 2 aromatic rings. The number of aromatic nitrogens is 1. The van der Waals surface area contributed by atoms with Gasteiger partial charge in [0.25, 0.3) is 5.91 Å². The fourth-order valence-corrected chi connectivity index (χ4v) is 2.70. The molecule has 0 unspecified atom stereocenters. The van der Waals surface area contributed by atoms with E-state index >= 15 is 0 Å². The second-order valence-corrected chi connectivity index (χ2v) is 5.82. The molecule has 6 nitrogen and oxygen atoms in total.